The molecule has 1 saturated heterocycles. The number of rotatable bonds is 3. The lowest BCUT2D eigenvalue weighted by Gasteiger charge is -2.41. The zero-order chi connectivity index (χ0) is 19.1. The summed E-state index contributed by atoms with van der Waals surface area (Å²) >= 11 is 1.48. The lowest BCUT2D eigenvalue weighted by molar-refractivity contribution is 0.0803. The third-order valence-electron chi connectivity index (χ3n) is 6.40. The molecule has 5 rings (SSSR count). The van der Waals surface area contributed by atoms with E-state index in [1.807, 2.05) is 5.38 Å². The van der Waals surface area contributed by atoms with Crippen molar-refractivity contribution < 1.29 is 4.39 Å². The third kappa shape index (κ3) is 3.40. The summed E-state index contributed by atoms with van der Waals surface area (Å²) in [5, 5.41) is 2.55. The Morgan fingerprint density at radius 2 is 1.93 bits per heavy atom. The summed E-state index contributed by atoms with van der Waals surface area (Å²) in [5.74, 6) is 2.18. The van der Waals surface area contributed by atoms with Gasteiger partial charge in [0.1, 0.15) is 16.5 Å². The van der Waals surface area contributed by atoms with Gasteiger partial charge in [-0.2, -0.15) is 0 Å². The van der Waals surface area contributed by atoms with Gasteiger partial charge in [0.15, 0.2) is 0 Å². The molecule has 0 bridgehead atoms. The van der Waals surface area contributed by atoms with Gasteiger partial charge in [-0.05, 0) is 48.9 Å². The molecule has 1 aromatic carbocycles. The number of thiophene rings is 1. The van der Waals surface area contributed by atoms with Crippen LogP contribution in [0.15, 0.2) is 34.4 Å². The molecule has 1 aliphatic carbocycles. The van der Waals surface area contributed by atoms with Crippen LogP contribution in [0.5, 0.6) is 0 Å². The first-order chi connectivity index (χ1) is 13.7. The van der Waals surface area contributed by atoms with Gasteiger partial charge in [-0.1, -0.05) is 31.4 Å². The van der Waals surface area contributed by atoms with Gasteiger partial charge in [-0.3, -0.25) is 9.69 Å². The van der Waals surface area contributed by atoms with Crippen molar-refractivity contribution in [2.24, 2.45) is 11.8 Å². The summed E-state index contributed by atoms with van der Waals surface area (Å²) in [6.07, 6.45) is 6.75. The van der Waals surface area contributed by atoms with Crippen molar-refractivity contribution in [3.8, 4) is 11.1 Å². The average molecular weight is 398 g/mol. The molecule has 1 saturated carbocycles. The predicted octanol–water partition coefficient (Wildman–Crippen LogP) is 4.80. The third-order valence-corrected chi connectivity index (χ3v) is 7.27. The number of aromatic nitrogens is 2. The van der Waals surface area contributed by atoms with E-state index in [9.17, 15) is 9.18 Å². The van der Waals surface area contributed by atoms with Crippen molar-refractivity contribution in [3.05, 3.63) is 51.6 Å². The minimum Gasteiger partial charge on any atom is -0.309 e. The van der Waals surface area contributed by atoms with Crippen molar-refractivity contribution in [1.29, 1.82) is 0 Å². The summed E-state index contributed by atoms with van der Waals surface area (Å²) in [4.78, 5) is 23.8. The number of piperidine rings is 1. The van der Waals surface area contributed by atoms with Crippen LogP contribution >= 0.6 is 11.3 Å². The minimum absolute atomic E-state index is 0.104. The molecule has 0 unspecified atom stereocenters. The van der Waals surface area contributed by atoms with Crippen molar-refractivity contribution in [2.45, 2.75) is 38.6 Å². The van der Waals surface area contributed by atoms with Crippen LogP contribution in [-0.2, 0) is 6.54 Å². The van der Waals surface area contributed by atoms with Crippen LogP contribution in [0.1, 0.15) is 37.9 Å². The highest BCUT2D eigenvalue weighted by Crippen LogP contribution is 2.36. The first kappa shape index (κ1) is 18.0. The number of nitrogens with one attached hydrogen (secondary N) is 1. The van der Waals surface area contributed by atoms with Gasteiger partial charge in [-0.15, -0.1) is 11.3 Å². The second-order valence-electron chi connectivity index (χ2n) is 8.18. The highest BCUT2D eigenvalue weighted by atomic mass is 32.1. The van der Waals surface area contributed by atoms with E-state index in [2.05, 4.69) is 9.88 Å². The maximum atomic E-state index is 13.2. The molecule has 6 heteroatoms. The molecule has 1 N–H and O–H groups in total. The smallest absolute Gasteiger partial charge is 0.260 e. The molecule has 1 aliphatic heterocycles. The van der Waals surface area contributed by atoms with Crippen molar-refractivity contribution in [1.82, 2.24) is 14.9 Å². The van der Waals surface area contributed by atoms with E-state index in [0.717, 1.165) is 46.7 Å². The SMILES string of the molecule is O=c1[nH]c(CN2CC[C@@H]3CCCC[C@@H]3C2)nc2scc(-c3ccc(F)cc3)c12. The largest absolute Gasteiger partial charge is 0.309 e. The number of benzene rings is 1. The van der Waals surface area contributed by atoms with E-state index in [4.69, 9.17) is 4.98 Å². The van der Waals surface area contributed by atoms with Gasteiger partial charge in [0.2, 0.25) is 0 Å². The van der Waals surface area contributed by atoms with E-state index in [-0.39, 0.29) is 11.4 Å². The molecule has 3 aromatic rings. The summed E-state index contributed by atoms with van der Waals surface area (Å²) in [6.45, 7) is 2.92. The van der Waals surface area contributed by atoms with Gasteiger partial charge >= 0.3 is 0 Å². The van der Waals surface area contributed by atoms with Gasteiger partial charge in [0.05, 0.1) is 11.9 Å². The summed E-state index contributed by atoms with van der Waals surface area (Å²) in [6, 6.07) is 6.25. The van der Waals surface area contributed by atoms with Crippen molar-refractivity contribution >= 4 is 21.6 Å². The monoisotopic (exact) mass is 397 g/mol. The Labute approximate surface area is 167 Å². The Bertz CT molecular complexity index is 1040. The number of hydrogen-bond donors (Lipinski definition) is 1. The molecular formula is C22H24FN3OS. The number of fused-ring (bicyclic) bond motifs is 2. The standard InChI is InChI=1S/C22H24FN3OS/c23-17-7-5-15(6-8-17)18-13-28-22-20(18)21(27)24-19(25-22)12-26-10-9-14-3-1-2-4-16(14)11-26/h5-8,13-14,16H,1-4,9-12H2,(H,24,25,27)/t14-,16+/m0/s1. The zero-order valence-corrected chi connectivity index (χ0v) is 16.6. The van der Waals surface area contributed by atoms with Crippen molar-refractivity contribution in [2.75, 3.05) is 13.1 Å². The molecule has 2 aromatic heterocycles. The fourth-order valence-electron chi connectivity index (χ4n) is 4.94. The maximum absolute atomic E-state index is 13.2. The number of halogens is 1. The van der Waals surface area contributed by atoms with Gasteiger partial charge in [0, 0.05) is 17.5 Å². The van der Waals surface area contributed by atoms with E-state index in [0.29, 0.717) is 11.9 Å². The minimum atomic E-state index is -0.278. The summed E-state index contributed by atoms with van der Waals surface area (Å²) in [7, 11) is 0. The Hall–Kier alpha value is -2.05. The normalized spacial score (nSPS) is 23.0. The summed E-state index contributed by atoms with van der Waals surface area (Å²) in [5.41, 5.74) is 1.56. The number of nitrogens with zero attached hydrogens (tertiary/aromatic N) is 2. The molecule has 3 heterocycles. The Balaban J connectivity index is 1.40. The molecular weight excluding hydrogens is 373 g/mol. The first-order valence-corrected chi connectivity index (χ1v) is 11.0. The molecule has 28 heavy (non-hydrogen) atoms. The molecule has 2 aliphatic rings. The molecule has 4 nitrogen and oxygen atoms in total. The van der Waals surface area contributed by atoms with E-state index in [1.165, 1.54) is 55.6 Å². The fourth-order valence-corrected chi connectivity index (χ4v) is 5.91. The molecule has 2 atom stereocenters. The van der Waals surface area contributed by atoms with Crippen LogP contribution in [0, 0.1) is 17.7 Å². The molecule has 0 radical (unpaired) electrons. The highest BCUT2D eigenvalue weighted by Gasteiger charge is 2.31. The van der Waals surface area contributed by atoms with Crippen LogP contribution in [0.2, 0.25) is 0 Å². The van der Waals surface area contributed by atoms with E-state index >= 15 is 0 Å². The van der Waals surface area contributed by atoms with Gasteiger partial charge < -0.3 is 4.98 Å². The molecule has 146 valence electrons. The second kappa shape index (κ2) is 7.41. The number of hydrogen-bond acceptors (Lipinski definition) is 4. The van der Waals surface area contributed by atoms with Crippen LogP contribution in [0.3, 0.4) is 0 Å². The lowest BCUT2D eigenvalue weighted by atomic mass is 9.75. The zero-order valence-electron chi connectivity index (χ0n) is 15.8. The Morgan fingerprint density at radius 1 is 1.14 bits per heavy atom. The van der Waals surface area contributed by atoms with Gasteiger partial charge in [0.25, 0.3) is 5.56 Å². The number of H-pyrrole nitrogens is 1. The first-order valence-electron chi connectivity index (χ1n) is 10.2. The topological polar surface area (TPSA) is 49.0 Å². The van der Waals surface area contributed by atoms with Gasteiger partial charge in [-0.25, -0.2) is 9.37 Å². The number of likely N-dealkylation sites (tertiary alicyclic amines) is 1. The quantitative estimate of drug-likeness (QED) is 0.690. The Morgan fingerprint density at radius 3 is 2.75 bits per heavy atom. The van der Waals surface area contributed by atoms with Crippen LogP contribution in [0.4, 0.5) is 4.39 Å². The lowest BCUT2D eigenvalue weighted by Crippen LogP contribution is -2.41. The van der Waals surface area contributed by atoms with E-state index < -0.39 is 0 Å². The molecule has 0 spiro atoms. The van der Waals surface area contributed by atoms with Crippen LogP contribution in [-0.4, -0.2) is 28.0 Å². The summed E-state index contributed by atoms with van der Waals surface area (Å²) < 4.78 is 13.2. The molecule has 0 amide bonds. The van der Waals surface area contributed by atoms with Crippen molar-refractivity contribution in [3.63, 3.8) is 0 Å². The average Bonchev–Trinajstić information content (AvgIpc) is 3.13. The maximum Gasteiger partial charge on any atom is 0.260 e. The fraction of sp³-hybridized carbons (Fsp3) is 0.455. The molecule has 2 fully saturated rings. The van der Waals surface area contributed by atoms with Crippen LogP contribution in [0.25, 0.3) is 21.3 Å². The Kier molecular flexibility index (Phi) is 4.77. The predicted molar refractivity (Wildman–Crippen MR) is 111 cm³/mol. The second-order valence-corrected chi connectivity index (χ2v) is 9.04. The highest BCUT2D eigenvalue weighted by molar-refractivity contribution is 7.17. The van der Waals surface area contributed by atoms with E-state index in [1.54, 1.807) is 12.1 Å². The number of aromatic amines is 1. The van der Waals surface area contributed by atoms with Crippen LogP contribution < -0.4 is 5.56 Å².